The van der Waals surface area contributed by atoms with Gasteiger partial charge in [-0.2, -0.15) is 0 Å². The van der Waals surface area contributed by atoms with Crippen molar-refractivity contribution in [3.05, 3.63) is 0 Å². The molecule has 0 aliphatic heterocycles. The third-order valence-corrected chi connectivity index (χ3v) is 1.50. The molecule has 0 unspecified atom stereocenters. The molecule has 4 heteroatoms. The normalized spacial score (nSPS) is 16.8. The van der Waals surface area contributed by atoms with Gasteiger partial charge in [0.2, 0.25) is 0 Å². The van der Waals surface area contributed by atoms with Crippen LogP contribution in [0, 0.1) is 0 Å². The molecule has 0 amide bonds. The average Bonchev–Trinajstić information content (AvgIpc) is 1.99. The van der Waals surface area contributed by atoms with Crippen molar-refractivity contribution >= 4 is 0 Å². The predicted molar refractivity (Wildman–Crippen MR) is 36.8 cm³/mol. The molecule has 0 rings (SSSR count). The van der Waals surface area contributed by atoms with E-state index in [2.05, 4.69) is 11.5 Å². The minimum atomic E-state index is -0.360. The second-order valence-electron chi connectivity index (χ2n) is 2.46. The lowest BCUT2D eigenvalue weighted by molar-refractivity contribution is -0.388. The van der Waals surface area contributed by atoms with Crippen LogP contribution in [0.25, 0.3) is 0 Å². The van der Waals surface area contributed by atoms with Crippen LogP contribution in [0.5, 0.6) is 0 Å². The zero-order chi connectivity index (χ0) is 7.98. The molecule has 62 valence electrons. The summed E-state index contributed by atoms with van der Waals surface area (Å²) in [5.41, 5.74) is 7.08. The van der Waals surface area contributed by atoms with Crippen molar-refractivity contribution in [2.24, 2.45) is 0 Å². The van der Waals surface area contributed by atoms with Gasteiger partial charge >= 0.3 is 0 Å². The topological polar surface area (TPSA) is 95.7 Å². The maximum absolute atomic E-state index is 9.01. The molecule has 4 nitrogen and oxygen atoms in total. The molecule has 8 N–H and O–H groups in total. The zero-order valence-electron chi connectivity index (χ0n) is 6.29. The molecule has 0 heterocycles. The number of hydrogen-bond donors (Lipinski definition) is 4. The molecule has 10 heavy (non-hydrogen) atoms. The number of quaternary nitrogens is 2. The molecule has 0 saturated heterocycles. The zero-order valence-corrected chi connectivity index (χ0v) is 6.29. The molecule has 0 aliphatic carbocycles. The van der Waals surface area contributed by atoms with Crippen molar-refractivity contribution in [2.45, 2.75) is 25.0 Å². The van der Waals surface area contributed by atoms with Crippen molar-refractivity contribution in [1.29, 1.82) is 0 Å². The summed E-state index contributed by atoms with van der Waals surface area (Å²) >= 11 is 0. The third-order valence-electron chi connectivity index (χ3n) is 1.50. The van der Waals surface area contributed by atoms with Gasteiger partial charge in [-0.3, -0.25) is 0 Å². The highest BCUT2D eigenvalue weighted by Crippen LogP contribution is 1.97. The molecule has 0 spiro atoms. The van der Waals surface area contributed by atoms with E-state index in [0.29, 0.717) is 25.9 Å². The first-order valence-electron chi connectivity index (χ1n) is 3.65. The molecule has 0 bridgehead atoms. The number of rotatable bonds is 5. The van der Waals surface area contributed by atoms with Gasteiger partial charge in [-0.05, 0) is 12.8 Å². The Morgan fingerprint density at radius 2 is 1.20 bits per heavy atom. The number of aliphatic hydroxyl groups excluding tert-OH is 2. The fraction of sp³-hybridized carbons (Fsp3) is 1.00. The van der Waals surface area contributed by atoms with E-state index >= 15 is 0 Å². The third kappa shape index (κ3) is 4.69. The van der Waals surface area contributed by atoms with Crippen LogP contribution in [-0.2, 0) is 0 Å². The average molecular weight is 150 g/mol. The number of hydrogen-bond acceptors (Lipinski definition) is 2. The van der Waals surface area contributed by atoms with Gasteiger partial charge in [0, 0.05) is 0 Å². The number of aliphatic hydroxyl groups is 2. The van der Waals surface area contributed by atoms with Gasteiger partial charge in [-0.25, -0.2) is 0 Å². The molecule has 0 aliphatic rings. The maximum Gasteiger partial charge on any atom is 0.103 e. The monoisotopic (exact) mass is 150 g/mol. The van der Waals surface area contributed by atoms with Crippen LogP contribution < -0.4 is 11.5 Å². The smallest absolute Gasteiger partial charge is 0.103 e. The molecule has 0 radical (unpaired) electrons. The molecule has 0 aromatic carbocycles. The van der Waals surface area contributed by atoms with Crippen LogP contribution in [0.3, 0.4) is 0 Å². The predicted octanol–water partition coefficient (Wildman–Crippen LogP) is -3.03. The van der Waals surface area contributed by atoms with Crippen LogP contribution in [0.2, 0.25) is 0 Å². The molecule has 0 aromatic heterocycles. The van der Waals surface area contributed by atoms with Crippen molar-refractivity contribution in [3.63, 3.8) is 0 Å². The lowest BCUT2D eigenvalue weighted by Gasteiger charge is -2.07. The van der Waals surface area contributed by atoms with Crippen LogP contribution in [0.15, 0.2) is 0 Å². The molecular weight excluding hydrogens is 132 g/mol. The van der Waals surface area contributed by atoms with E-state index in [1.165, 1.54) is 0 Å². The first-order chi connectivity index (χ1) is 4.70. The molecular formula is C6H18N2O2+2. The van der Waals surface area contributed by atoms with Gasteiger partial charge in [0.05, 0.1) is 0 Å². The summed E-state index contributed by atoms with van der Waals surface area (Å²) in [6.07, 6.45) is 0.530. The molecule has 2 atom stereocenters. The van der Waals surface area contributed by atoms with Gasteiger partial charge in [-0.1, -0.05) is 0 Å². The SMILES string of the molecule is [NH3+]C[C@@H](O)CC[C@@H](O)C[NH3+]. The van der Waals surface area contributed by atoms with E-state index in [9.17, 15) is 0 Å². The summed E-state index contributed by atoms with van der Waals surface area (Å²) in [5.74, 6) is 0. The van der Waals surface area contributed by atoms with Crippen molar-refractivity contribution < 1.29 is 21.7 Å². The standard InChI is InChI=1S/C6H16N2O2/c7-3-5(9)1-2-6(10)4-8/h5-6,9-10H,1-4,7-8H2/p+2/t5-,6+. The molecule has 0 fully saturated rings. The van der Waals surface area contributed by atoms with Gasteiger partial charge < -0.3 is 21.7 Å². The summed E-state index contributed by atoms with van der Waals surface area (Å²) in [7, 11) is 0. The second-order valence-corrected chi connectivity index (χ2v) is 2.46. The minimum absolute atomic E-state index is 0.360. The summed E-state index contributed by atoms with van der Waals surface area (Å²) in [6.45, 7) is 1.04. The maximum atomic E-state index is 9.01. The minimum Gasteiger partial charge on any atom is -0.387 e. The quantitative estimate of drug-likeness (QED) is 0.335. The van der Waals surface area contributed by atoms with E-state index in [0.717, 1.165) is 0 Å². The second kappa shape index (κ2) is 5.61. The molecule has 0 aromatic rings. The van der Waals surface area contributed by atoms with Crippen molar-refractivity contribution in [2.75, 3.05) is 13.1 Å². The summed E-state index contributed by atoms with van der Waals surface area (Å²) < 4.78 is 0. The fourth-order valence-electron chi connectivity index (χ4n) is 0.673. The first-order valence-corrected chi connectivity index (χ1v) is 3.65. The summed E-state index contributed by atoms with van der Waals surface area (Å²) in [5, 5.41) is 18.0. The fourth-order valence-corrected chi connectivity index (χ4v) is 0.673. The Bertz CT molecular complexity index is 70.1. The highest BCUT2D eigenvalue weighted by molar-refractivity contribution is 4.57. The Labute approximate surface area is 60.8 Å². The van der Waals surface area contributed by atoms with E-state index in [-0.39, 0.29) is 12.2 Å². The van der Waals surface area contributed by atoms with Gasteiger partial charge in [-0.15, -0.1) is 0 Å². The summed E-state index contributed by atoms with van der Waals surface area (Å²) in [6, 6.07) is 0. The van der Waals surface area contributed by atoms with Crippen LogP contribution in [-0.4, -0.2) is 35.5 Å². The lowest BCUT2D eigenvalue weighted by Crippen LogP contribution is -2.57. The van der Waals surface area contributed by atoms with Crippen LogP contribution in [0.1, 0.15) is 12.8 Å². The largest absolute Gasteiger partial charge is 0.387 e. The Kier molecular flexibility index (Phi) is 5.52. The van der Waals surface area contributed by atoms with Crippen molar-refractivity contribution in [1.82, 2.24) is 0 Å². The van der Waals surface area contributed by atoms with Crippen molar-refractivity contribution in [3.8, 4) is 0 Å². The molecule has 0 saturated carbocycles. The van der Waals surface area contributed by atoms with Gasteiger partial charge in [0.1, 0.15) is 25.3 Å². The lowest BCUT2D eigenvalue weighted by atomic mass is 10.1. The Morgan fingerprint density at radius 3 is 1.40 bits per heavy atom. The highest BCUT2D eigenvalue weighted by Gasteiger charge is 2.08. The highest BCUT2D eigenvalue weighted by atomic mass is 16.3. The van der Waals surface area contributed by atoms with E-state index < -0.39 is 0 Å². The van der Waals surface area contributed by atoms with E-state index in [1.54, 1.807) is 0 Å². The Hall–Kier alpha value is -0.160. The summed E-state index contributed by atoms with van der Waals surface area (Å²) in [4.78, 5) is 0. The van der Waals surface area contributed by atoms with E-state index in [1.807, 2.05) is 0 Å². The van der Waals surface area contributed by atoms with E-state index in [4.69, 9.17) is 10.2 Å². The van der Waals surface area contributed by atoms with Gasteiger partial charge in [0.25, 0.3) is 0 Å². The Morgan fingerprint density at radius 1 is 0.900 bits per heavy atom. The first kappa shape index (κ1) is 9.84. The van der Waals surface area contributed by atoms with Crippen LogP contribution in [0.4, 0.5) is 0 Å². The Balaban J connectivity index is 3.17. The van der Waals surface area contributed by atoms with Crippen LogP contribution >= 0.6 is 0 Å². The van der Waals surface area contributed by atoms with Gasteiger partial charge in [0.15, 0.2) is 0 Å².